The van der Waals surface area contributed by atoms with Crippen molar-refractivity contribution in [1.82, 2.24) is 10.3 Å². The number of halogens is 4. The van der Waals surface area contributed by atoms with E-state index in [0.29, 0.717) is 11.1 Å². The molecule has 0 aliphatic heterocycles. The Balaban J connectivity index is 2.13. The zero-order chi connectivity index (χ0) is 25.0. The maximum absolute atomic E-state index is 14.3. The summed E-state index contributed by atoms with van der Waals surface area (Å²) in [7, 11) is -3.66. The maximum atomic E-state index is 14.3. The molecule has 0 spiro atoms. The molecule has 0 bridgehead atoms. The van der Waals surface area contributed by atoms with Gasteiger partial charge in [-0.1, -0.05) is 6.07 Å². The van der Waals surface area contributed by atoms with Crippen LogP contribution in [-0.4, -0.2) is 31.6 Å². The molecular formula is C21H24F4N4O3S. The van der Waals surface area contributed by atoms with Gasteiger partial charge in [-0.15, -0.1) is 0 Å². The highest BCUT2D eigenvalue weighted by molar-refractivity contribution is 7.92. The zero-order valence-electron chi connectivity index (χ0n) is 18.3. The average molecular weight is 489 g/mol. The summed E-state index contributed by atoms with van der Waals surface area (Å²) in [5.74, 6) is -1.38. The van der Waals surface area contributed by atoms with Gasteiger partial charge in [-0.3, -0.25) is 9.52 Å². The van der Waals surface area contributed by atoms with Crippen molar-refractivity contribution >= 4 is 33.5 Å². The maximum Gasteiger partial charge on any atom is 0.433 e. The molecule has 2 aromatic rings. The molecule has 0 saturated heterocycles. The molecule has 180 valence electrons. The SMILES string of the molecule is Cc1cc(CNC(=O)C=Cc2ccc(C(F)(F)F)nc2NC(C)C)cc(F)c1NS(C)(=O)=O. The Labute approximate surface area is 189 Å². The van der Waals surface area contributed by atoms with E-state index in [0.717, 1.165) is 24.5 Å². The summed E-state index contributed by atoms with van der Waals surface area (Å²) in [6.45, 7) is 4.94. The lowest BCUT2D eigenvalue weighted by Crippen LogP contribution is -2.21. The fourth-order valence-electron chi connectivity index (χ4n) is 2.80. The van der Waals surface area contributed by atoms with E-state index in [-0.39, 0.29) is 29.7 Å². The van der Waals surface area contributed by atoms with Gasteiger partial charge in [-0.2, -0.15) is 13.2 Å². The van der Waals surface area contributed by atoms with E-state index in [2.05, 4.69) is 20.3 Å². The van der Waals surface area contributed by atoms with E-state index >= 15 is 0 Å². The third kappa shape index (κ3) is 8.04. The number of sulfonamides is 1. The lowest BCUT2D eigenvalue weighted by atomic mass is 10.1. The van der Waals surface area contributed by atoms with Crippen molar-refractivity contribution in [2.24, 2.45) is 0 Å². The minimum absolute atomic E-state index is 0.0180. The normalized spacial score (nSPS) is 12.3. The minimum Gasteiger partial charge on any atom is -0.367 e. The molecule has 0 unspecified atom stereocenters. The van der Waals surface area contributed by atoms with Crippen LogP contribution in [0.25, 0.3) is 6.08 Å². The van der Waals surface area contributed by atoms with Crippen molar-refractivity contribution in [3.8, 4) is 0 Å². The monoisotopic (exact) mass is 488 g/mol. The van der Waals surface area contributed by atoms with Crippen LogP contribution < -0.4 is 15.4 Å². The van der Waals surface area contributed by atoms with Gasteiger partial charge in [-0.05, 0) is 56.2 Å². The number of carbonyl (C=O) groups excluding carboxylic acids is 1. The number of pyridine rings is 1. The Kier molecular flexibility index (Phi) is 8.06. The number of aryl methyl sites for hydroxylation is 1. The molecule has 12 heteroatoms. The highest BCUT2D eigenvalue weighted by Crippen LogP contribution is 2.30. The van der Waals surface area contributed by atoms with Crippen molar-refractivity contribution in [2.45, 2.75) is 39.5 Å². The van der Waals surface area contributed by atoms with Crippen LogP contribution in [0.2, 0.25) is 0 Å². The van der Waals surface area contributed by atoms with Crippen LogP contribution in [0.4, 0.5) is 29.1 Å². The molecule has 0 atom stereocenters. The van der Waals surface area contributed by atoms with Gasteiger partial charge in [0.05, 0.1) is 11.9 Å². The first-order chi connectivity index (χ1) is 15.2. The molecule has 1 aromatic heterocycles. The fourth-order valence-corrected chi connectivity index (χ4v) is 3.43. The highest BCUT2D eigenvalue weighted by Gasteiger charge is 2.33. The number of rotatable bonds is 8. The van der Waals surface area contributed by atoms with Gasteiger partial charge in [0.1, 0.15) is 17.3 Å². The molecule has 3 N–H and O–H groups in total. The van der Waals surface area contributed by atoms with Gasteiger partial charge in [0.2, 0.25) is 15.9 Å². The van der Waals surface area contributed by atoms with E-state index in [4.69, 9.17) is 0 Å². The van der Waals surface area contributed by atoms with Crippen LogP contribution in [0.5, 0.6) is 0 Å². The van der Waals surface area contributed by atoms with Gasteiger partial charge in [0.25, 0.3) is 0 Å². The molecule has 7 nitrogen and oxygen atoms in total. The van der Waals surface area contributed by atoms with Gasteiger partial charge in [-0.25, -0.2) is 17.8 Å². The first-order valence-corrected chi connectivity index (χ1v) is 11.6. The van der Waals surface area contributed by atoms with Crippen LogP contribution in [0.3, 0.4) is 0 Å². The fraction of sp³-hybridized carbons (Fsp3) is 0.333. The van der Waals surface area contributed by atoms with E-state index in [1.165, 1.54) is 25.1 Å². The molecule has 0 radical (unpaired) electrons. The number of hydrogen-bond acceptors (Lipinski definition) is 5. The molecule has 0 aliphatic rings. The molecule has 1 amide bonds. The largest absolute Gasteiger partial charge is 0.433 e. The second-order valence-electron chi connectivity index (χ2n) is 7.63. The van der Waals surface area contributed by atoms with E-state index in [1.807, 2.05) is 0 Å². The predicted octanol–water partition coefficient (Wildman–Crippen LogP) is 4.07. The Bertz CT molecular complexity index is 1140. The number of aromatic nitrogens is 1. The summed E-state index contributed by atoms with van der Waals surface area (Å²) < 4.78 is 77.9. The van der Waals surface area contributed by atoms with Gasteiger partial charge >= 0.3 is 6.18 Å². The number of nitrogens with zero attached hydrogens (tertiary/aromatic N) is 1. The number of nitrogens with one attached hydrogen (secondary N) is 3. The first kappa shape index (κ1) is 26.1. The number of alkyl halides is 3. The Hall–Kier alpha value is -3.15. The van der Waals surface area contributed by atoms with E-state index in [9.17, 15) is 30.8 Å². The number of amides is 1. The predicted molar refractivity (Wildman–Crippen MR) is 118 cm³/mol. The third-order valence-electron chi connectivity index (χ3n) is 4.16. The van der Waals surface area contributed by atoms with Crippen LogP contribution in [0.15, 0.2) is 30.3 Å². The third-order valence-corrected chi connectivity index (χ3v) is 4.73. The molecule has 0 aliphatic carbocycles. The zero-order valence-corrected chi connectivity index (χ0v) is 19.2. The van der Waals surface area contributed by atoms with Crippen molar-refractivity contribution in [2.75, 3.05) is 16.3 Å². The molecule has 1 aromatic carbocycles. The second-order valence-corrected chi connectivity index (χ2v) is 9.37. The second kappa shape index (κ2) is 10.2. The summed E-state index contributed by atoms with van der Waals surface area (Å²) in [6, 6.07) is 4.44. The lowest BCUT2D eigenvalue weighted by molar-refractivity contribution is -0.141. The number of anilines is 2. The smallest absolute Gasteiger partial charge is 0.367 e. The van der Waals surface area contributed by atoms with Crippen LogP contribution in [0.1, 0.15) is 36.2 Å². The topological polar surface area (TPSA) is 100 Å². The average Bonchev–Trinajstić information content (AvgIpc) is 2.66. The van der Waals surface area contributed by atoms with Gasteiger partial charge < -0.3 is 10.6 Å². The van der Waals surface area contributed by atoms with Gasteiger partial charge in [0.15, 0.2) is 0 Å². The Morgan fingerprint density at radius 3 is 2.42 bits per heavy atom. The number of benzene rings is 1. The van der Waals surface area contributed by atoms with E-state index < -0.39 is 33.6 Å². The lowest BCUT2D eigenvalue weighted by Gasteiger charge is -2.14. The van der Waals surface area contributed by atoms with E-state index in [1.54, 1.807) is 13.8 Å². The summed E-state index contributed by atoms with van der Waals surface area (Å²) in [5.41, 5.74) is -0.222. The minimum atomic E-state index is -4.60. The summed E-state index contributed by atoms with van der Waals surface area (Å²) in [6.07, 6.45) is -1.26. The Morgan fingerprint density at radius 1 is 1.21 bits per heavy atom. The molecular weight excluding hydrogens is 464 g/mol. The summed E-state index contributed by atoms with van der Waals surface area (Å²) in [4.78, 5) is 15.8. The molecule has 0 fully saturated rings. The standard InChI is InChI=1S/C21H24F4N4O3S/c1-12(2)27-20-15(5-7-17(28-20)21(23,24)25)6-8-18(30)26-11-14-9-13(3)19(16(22)10-14)29-33(4,31)32/h5-10,12,29H,11H2,1-4H3,(H,26,30)(H,27,28). The first-order valence-electron chi connectivity index (χ1n) is 9.73. The number of carbonyl (C=O) groups is 1. The molecule has 2 rings (SSSR count). The number of hydrogen-bond donors (Lipinski definition) is 3. The van der Waals surface area contributed by atoms with Crippen LogP contribution >= 0.6 is 0 Å². The van der Waals surface area contributed by atoms with Crippen molar-refractivity contribution in [3.63, 3.8) is 0 Å². The van der Waals surface area contributed by atoms with Crippen LogP contribution in [0, 0.1) is 12.7 Å². The summed E-state index contributed by atoms with van der Waals surface area (Å²) >= 11 is 0. The summed E-state index contributed by atoms with van der Waals surface area (Å²) in [5, 5.41) is 5.35. The molecule has 1 heterocycles. The van der Waals surface area contributed by atoms with Gasteiger partial charge in [0, 0.05) is 24.2 Å². The quantitative estimate of drug-likeness (QED) is 0.384. The van der Waals surface area contributed by atoms with Crippen molar-refractivity contribution < 1.29 is 30.8 Å². The molecule has 0 saturated carbocycles. The van der Waals surface area contributed by atoms with Crippen molar-refractivity contribution in [3.05, 3.63) is 58.5 Å². The molecule has 33 heavy (non-hydrogen) atoms. The highest BCUT2D eigenvalue weighted by atomic mass is 32.2. The Morgan fingerprint density at radius 2 is 1.88 bits per heavy atom. The van der Waals surface area contributed by atoms with Crippen LogP contribution in [-0.2, 0) is 27.5 Å². The van der Waals surface area contributed by atoms with Crippen molar-refractivity contribution in [1.29, 1.82) is 0 Å².